The minimum absolute atomic E-state index is 0.190. The molecule has 0 aliphatic rings. The third kappa shape index (κ3) is 36.5. The number of amides is 2. The Morgan fingerprint density at radius 1 is 0.554 bits per heavy atom. The van der Waals surface area contributed by atoms with Gasteiger partial charge < -0.3 is 25.6 Å². The first-order valence-electron chi connectivity index (χ1n) is 20.8. The number of carbonyl (C=O) groups is 4. The van der Waals surface area contributed by atoms with Crippen LogP contribution in [0.1, 0.15) is 136 Å². The van der Waals surface area contributed by atoms with E-state index in [9.17, 15) is 19.2 Å². The maximum atomic E-state index is 12.7. The van der Waals surface area contributed by atoms with E-state index < -0.39 is 24.5 Å². The van der Waals surface area contributed by atoms with Gasteiger partial charge >= 0.3 is 11.9 Å². The van der Waals surface area contributed by atoms with Crippen molar-refractivity contribution in [1.29, 1.82) is 0 Å². The van der Waals surface area contributed by atoms with Gasteiger partial charge in [-0.3, -0.25) is 14.4 Å². The Morgan fingerprint density at radius 2 is 1.00 bits per heavy atom. The van der Waals surface area contributed by atoms with Crippen molar-refractivity contribution in [2.24, 2.45) is 0 Å². The topological polar surface area (TPSA) is 142 Å². The number of allylic oxidation sites excluding steroid dienone is 17. The number of hydrogen-bond acceptors (Lipinski definition) is 6. The van der Waals surface area contributed by atoms with Crippen molar-refractivity contribution in [3.05, 3.63) is 109 Å². The maximum Gasteiger partial charge on any atom is 0.328 e. The third-order valence-electron chi connectivity index (χ3n) is 8.26. The molecule has 0 fully saturated rings. The molecule has 2 unspecified atom stereocenters. The molecule has 0 aliphatic heterocycles. The highest BCUT2D eigenvalue weighted by molar-refractivity contribution is 5.87. The summed E-state index contributed by atoms with van der Waals surface area (Å²) in [5.74, 6) is -2.47. The number of carboxylic acid groups (broad SMARTS) is 1. The van der Waals surface area contributed by atoms with E-state index in [-0.39, 0.29) is 30.9 Å². The average molecular weight is 777 g/mol. The summed E-state index contributed by atoms with van der Waals surface area (Å²) < 4.78 is 5.86. The molecule has 0 aromatic carbocycles. The lowest BCUT2D eigenvalue weighted by Crippen LogP contribution is -2.47. The lowest BCUT2D eigenvalue weighted by molar-refractivity contribution is -0.147. The molecule has 0 radical (unpaired) electrons. The molecule has 56 heavy (non-hydrogen) atoms. The molecule has 2 amide bonds. The Labute approximate surface area is 338 Å². The molecule has 0 aliphatic carbocycles. The van der Waals surface area contributed by atoms with E-state index in [2.05, 4.69) is 122 Å². The molecule has 0 aromatic heterocycles. The number of esters is 1. The molecule has 0 bridgehead atoms. The van der Waals surface area contributed by atoms with E-state index in [1.54, 1.807) is 0 Å². The summed E-state index contributed by atoms with van der Waals surface area (Å²) in [6.45, 7) is 3.20. The van der Waals surface area contributed by atoms with Gasteiger partial charge in [0.25, 0.3) is 0 Å². The van der Waals surface area contributed by atoms with E-state index in [4.69, 9.17) is 14.9 Å². The van der Waals surface area contributed by atoms with Crippen LogP contribution in [0.2, 0.25) is 0 Å². The van der Waals surface area contributed by atoms with Crippen LogP contribution in [-0.4, -0.2) is 59.3 Å². The molecule has 312 valence electrons. The van der Waals surface area contributed by atoms with Crippen molar-refractivity contribution < 1.29 is 34.1 Å². The van der Waals surface area contributed by atoms with E-state index in [1.807, 2.05) is 12.2 Å². The fourth-order valence-corrected chi connectivity index (χ4v) is 5.14. The minimum atomic E-state index is -1.39. The van der Waals surface area contributed by atoms with E-state index in [0.29, 0.717) is 19.3 Å². The van der Waals surface area contributed by atoms with Gasteiger partial charge in [-0.05, 0) is 89.5 Å². The number of rotatable bonds is 35. The second-order valence-electron chi connectivity index (χ2n) is 13.3. The lowest BCUT2D eigenvalue weighted by atomic mass is 10.1. The molecular weight excluding hydrogens is 705 g/mol. The van der Waals surface area contributed by atoms with Gasteiger partial charge in [-0.15, -0.1) is 0 Å². The normalized spacial score (nSPS) is 13.6. The predicted octanol–water partition coefficient (Wildman–Crippen LogP) is 10.0. The van der Waals surface area contributed by atoms with E-state index in [1.165, 1.54) is 0 Å². The predicted molar refractivity (Wildman–Crippen MR) is 231 cm³/mol. The summed E-state index contributed by atoms with van der Waals surface area (Å²) in [4.78, 5) is 47.3. The summed E-state index contributed by atoms with van der Waals surface area (Å²) >= 11 is 0. The Balaban J connectivity index is 4.41. The standard InChI is InChI=1S/C47H72N2O7/c1-3-5-7-9-11-13-14-15-16-17-18-19-20-21-22-23-25-31-35-39-46(53)56-42(36-32-28-24-12-10-8-6-4-2)37-33-29-26-27-30-34-38-44(51)48-40-45(52)49-43(41-50)47(54)55/h5-8,11-13,15-16,18-19,21-22,24-25,31-32,36,42-43,50H,3-4,9-10,14,17,20,23,26-30,33-35,37-41H2,1-2H3,(H,48,51)(H,49,52)(H,54,55)/b7-5-,8-6-,13-11-,16-15-,19-18-,22-21-,24-12-,31-25-,36-32-. The van der Waals surface area contributed by atoms with Crippen LogP contribution in [0.25, 0.3) is 0 Å². The van der Waals surface area contributed by atoms with Crippen LogP contribution >= 0.6 is 0 Å². The van der Waals surface area contributed by atoms with Crippen molar-refractivity contribution in [3.63, 3.8) is 0 Å². The Hall–Kier alpha value is -4.50. The van der Waals surface area contributed by atoms with Crippen molar-refractivity contribution in [2.45, 2.75) is 148 Å². The second-order valence-corrected chi connectivity index (χ2v) is 13.3. The zero-order chi connectivity index (χ0) is 41.2. The first-order valence-corrected chi connectivity index (χ1v) is 20.8. The molecule has 4 N–H and O–H groups in total. The summed E-state index contributed by atoms with van der Waals surface area (Å²) in [6.07, 6.45) is 54.3. The monoisotopic (exact) mass is 777 g/mol. The maximum absolute atomic E-state index is 12.7. The van der Waals surface area contributed by atoms with Crippen LogP contribution in [-0.2, 0) is 23.9 Å². The third-order valence-corrected chi connectivity index (χ3v) is 8.26. The number of unbranched alkanes of at least 4 members (excludes halogenated alkanes) is 5. The largest absolute Gasteiger partial charge is 0.480 e. The average Bonchev–Trinajstić information content (AvgIpc) is 3.18. The lowest BCUT2D eigenvalue weighted by Gasteiger charge is -2.14. The summed E-state index contributed by atoms with van der Waals surface area (Å²) in [7, 11) is 0. The fourth-order valence-electron chi connectivity index (χ4n) is 5.14. The van der Waals surface area contributed by atoms with Crippen LogP contribution in [0.4, 0.5) is 0 Å². The van der Waals surface area contributed by atoms with E-state index in [0.717, 1.165) is 96.3 Å². The molecule has 0 rings (SSSR count). The molecule has 0 spiro atoms. The molecular formula is C47H72N2O7. The molecule has 9 heteroatoms. The molecule has 0 saturated heterocycles. The molecule has 9 nitrogen and oxygen atoms in total. The fraction of sp³-hybridized carbons (Fsp3) is 0.532. The van der Waals surface area contributed by atoms with Gasteiger partial charge in [0, 0.05) is 12.8 Å². The van der Waals surface area contributed by atoms with Gasteiger partial charge in [-0.25, -0.2) is 4.79 Å². The van der Waals surface area contributed by atoms with Gasteiger partial charge in [-0.1, -0.05) is 143 Å². The number of aliphatic hydroxyl groups is 1. The Morgan fingerprint density at radius 3 is 1.48 bits per heavy atom. The number of aliphatic carboxylic acids is 1. The van der Waals surface area contributed by atoms with Gasteiger partial charge in [0.05, 0.1) is 13.2 Å². The van der Waals surface area contributed by atoms with Crippen LogP contribution < -0.4 is 10.6 Å². The number of carboxylic acids is 1. The smallest absolute Gasteiger partial charge is 0.328 e. The summed E-state index contributed by atoms with van der Waals surface area (Å²) in [5, 5.41) is 22.5. The van der Waals surface area contributed by atoms with Gasteiger partial charge in [-0.2, -0.15) is 0 Å². The van der Waals surface area contributed by atoms with Gasteiger partial charge in [0.2, 0.25) is 11.8 Å². The zero-order valence-corrected chi connectivity index (χ0v) is 34.3. The Bertz CT molecular complexity index is 1300. The molecule has 2 atom stereocenters. The second kappa shape index (κ2) is 40.2. The van der Waals surface area contributed by atoms with Crippen molar-refractivity contribution in [1.82, 2.24) is 10.6 Å². The van der Waals surface area contributed by atoms with E-state index >= 15 is 0 Å². The van der Waals surface area contributed by atoms with Crippen LogP contribution in [0.15, 0.2) is 109 Å². The highest BCUT2D eigenvalue weighted by Crippen LogP contribution is 2.14. The Kier molecular flexibility index (Phi) is 36.9. The van der Waals surface area contributed by atoms with Gasteiger partial charge in [0.15, 0.2) is 0 Å². The zero-order valence-electron chi connectivity index (χ0n) is 34.3. The summed E-state index contributed by atoms with van der Waals surface area (Å²) in [5.41, 5.74) is 0. The van der Waals surface area contributed by atoms with Gasteiger partial charge in [0.1, 0.15) is 12.1 Å². The molecule has 0 saturated carbocycles. The first kappa shape index (κ1) is 51.5. The quantitative estimate of drug-likeness (QED) is 0.0285. The highest BCUT2D eigenvalue weighted by Gasteiger charge is 2.18. The number of hydrogen-bond donors (Lipinski definition) is 4. The van der Waals surface area contributed by atoms with Crippen molar-refractivity contribution >= 4 is 23.8 Å². The number of ether oxygens (including phenoxy) is 1. The summed E-state index contributed by atoms with van der Waals surface area (Å²) in [6, 6.07) is -1.39. The van der Waals surface area contributed by atoms with Crippen LogP contribution in [0, 0.1) is 0 Å². The molecule has 0 aromatic rings. The molecule has 0 heterocycles. The number of carbonyl (C=O) groups excluding carboxylic acids is 3. The highest BCUT2D eigenvalue weighted by atomic mass is 16.5. The number of nitrogens with one attached hydrogen (secondary N) is 2. The number of aliphatic hydroxyl groups excluding tert-OH is 1. The van der Waals surface area contributed by atoms with Crippen LogP contribution in [0.3, 0.4) is 0 Å². The van der Waals surface area contributed by atoms with Crippen molar-refractivity contribution in [3.8, 4) is 0 Å². The first-order chi connectivity index (χ1) is 27.3. The minimum Gasteiger partial charge on any atom is -0.480 e. The van der Waals surface area contributed by atoms with Crippen molar-refractivity contribution in [2.75, 3.05) is 13.2 Å². The SMILES string of the molecule is CC/C=C\C/C=C\C/C=C\C/C=C\C/C=C\C/C=C\CCC(=O)OC(/C=C\C/C=C\C/C=C\CC)CCCCCCCCC(=O)NCC(=O)NC(CO)C(=O)O. The van der Waals surface area contributed by atoms with Crippen LogP contribution in [0.5, 0.6) is 0 Å².